The number of benzene rings is 2. The number of hydrogen-bond acceptors (Lipinski definition) is 9. The summed E-state index contributed by atoms with van der Waals surface area (Å²) in [6, 6.07) is 11.8. The second kappa shape index (κ2) is 12.1. The van der Waals surface area contributed by atoms with Crippen LogP contribution >= 0.6 is 0 Å². The first kappa shape index (κ1) is 27.6. The maximum absolute atomic E-state index is 14.5. The molecule has 4 heterocycles. The number of hydrogen-bond donors (Lipinski definition) is 1. The van der Waals surface area contributed by atoms with Gasteiger partial charge in [-0.05, 0) is 38.1 Å². The molecule has 6 rings (SSSR count). The molecule has 3 saturated heterocycles. The van der Waals surface area contributed by atoms with Gasteiger partial charge in [-0.1, -0.05) is 6.07 Å². The van der Waals surface area contributed by atoms with E-state index in [1.807, 2.05) is 6.07 Å². The second-order valence-electron chi connectivity index (χ2n) is 11.0. The smallest absolute Gasteiger partial charge is 0.158 e. The molecule has 3 aromatic rings. The van der Waals surface area contributed by atoms with Crippen LogP contribution in [0.15, 0.2) is 48.8 Å². The lowest BCUT2D eigenvalue weighted by Crippen LogP contribution is -2.52. The monoisotopic (exact) mass is 565 g/mol. The van der Waals surface area contributed by atoms with E-state index in [0.29, 0.717) is 42.0 Å². The van der Waals surface area contributed by atoms with Crippen molar-refractivity contribution in [3.8, 4) is 5.75 Å². The summed E-state index contributed by atoms with van der Waals surface area (Å²) >= 11 is 0. The molecule has 9 nitrogen and oxygen atoms in total. The second-order valence-corrected chi connectivity index (χ2v) is 11.0. The molecular weight excluding hydrogens is 528 g/mol. The molecule has 41 heavy (non-hydrogen) atoms. The van der Waals surface area contributed by atoms with Crippen LogP contribution in [0.4, 0.5) is 31.8 Å². The van der Waals surface area contributed by atoms with Crippen molar-refractivity contribution >= 4 is 23.0 Å². The van der Waals surface area contributed by atoms with E-state index < -0.39 is 17.7 Å². The molecule has 2 aromatic carbocycles. The van der Waals surface area contributed by atoms with Gasteiger partial charge in [-0.2, -0.15) is 0 Å². The van der Waals surface area contributed by atoms with Gasteiger partial charge in [0, 0.05) is 81.2 Å². The molecule has 3 aliphatic heterocycles. The Balaban J connectivity index is 1.13. The molecular formula is C30H37F2N7O2. The summed E-state index contributed by atoms with van der Waals surface area (Å²) in [4.78, 5) is 22.0. The number of aromatic nitrogens is 2. The zero-order valence-corrected chi connectivity index (χ0v) is 23.6. The molecule has 0 bridgehead atoms. The zero-order valence-electron chi connectivity index (χ0n) is 23.6. The molecule has 0 aliphatic carbocycles. The van der Waals surface area contributed by atoms with Crippen LogP contribution in [-0.2, 0) is 4.84 Å². The Morgan fingerprint density at radius 1 is 0.927 bits per heavy atom. The van der Waals surface area contributed by atoms with E-state index in [9.17, 15) is 8.78 Å². The van der Waals surface area contributed by atoms with Gasteiger partial charge in [0.25, 0.3) is 0 Å². The summed E-state index contributed by atoms with van der Waals surface area (Å²) in [5.74, 6) is 0.523. The molecule has 0 radical (unpaired) electrons. The van der Waals surface area contributed by atoms with E-state index in [2.05, 4.69) is 49.2 Å². The van der Waals surface area contributed by atoms with Crippen LogP contribution in [0.25, 0.3) is 0 Å². The van der Waals surface area contributed by atoms with E-state index in [1.54, 1.807) is 18.2 Å². The van der Waals surface area contributed by atoms with E-state index in [1.165, 1.54) is 18.5 Å². The molecule has 0 saturated carbocycles. The minimum atomic E-state index is -0.611. The lowest BCUT2D eigenvalue weighted by atomic mass is 10.0. The Morgan fingerprint density at radius 2 is 1.73 bits per heavy atom. The van der Waals surface area contributed by atoms with Crippen LogP contribution in [0, 0.1) is 11.6 Å². The topological polar surface area (TPSA) is 69.2 Å². The first-order valence-corrected chi connectivity index (χ1v) is 14.3. The summed E-state index contributed by atoms with van der Waals surface area (Å²) in [6.07, 6.45) is 4.31. The number of likely N-dealkylation sites (N-methyl/N-ethyl adjacent to an activating group) is 1. The summed E-state index contributed by atoms with van der Waals surface area (Å²) < 4.78 is 33.8. The van der Waals surface area contributed by atoms with Gasteiger partial charge in [-0.3, -0.25) is 9.74 Å². The maximum Gasteiger partial charge on any atom is 0.158 e. The molecule has 1 N–H and O–H groups in total. The van der Waals surface area contributed by atoms with Crippen LogP contribution in [0.2, 0.25) is 0 Å². The fraction of sp³-hybridized carbons (Fsp3) is 0.467. The number of halogens is 2. The van der Waals surface area contributed by atoms with Crippen molar-refractivity contribution in [1.29, 1.82) is 0 Å². The van der Waals surface area contributed by atoms with E-state index >= 15 is 0 Å². The Labute approximate surface area is 239 Å². The molecule has 0 amide bonds. The van der Waals surface area contributed by atoms with E-state index in [-0.39, 0.29) is 0 Å². The summed E-state index contributed by atoms with van der Waals surface area (Å²) in [7, 11) is 3.86. The Bertz CT molecular complexity index is 1350. The predicted molar refractivity (Wildman–Crippen MR) is 155 cm³/mol. The standard InChI is InChI=1S/C30H37F2N7O2/c1-36-12-14-38(15-13-36)22-7-10-37(11-8-22)23-4-6-26(28(18-23)40-2)35-29-19-30(34-20-33-29)39-27(9-16-41-39)24-5-3-21(31)17-25(24)32/h3-6,17-20,22,27H,7-16H2,1-2H3,(H,33,34,35). The van der Waals surface area contributed by atoms with Crippen LogP contribution < -0.4 is 20.0 Å². The molecule has 1 unspecified atom stereocenters. The van der Waals surface area contributed by atoms with Crippen molar-refractivity contribution in [2.24, 2.45) is 0 Å². The average molecular weight is 566 g/mol. The van der Waals surface area contributed by atoms with Crippen LogP contribution in [0.5, 0.6) is 5.75 Å². The first-order valence-electron chi connectivity index (χ1n) is 14.3. The Morgan fingerprint density at radius 3 is 2.49 bits per heavy atom. The van der Waals surface area contributed by atoms with Gasteiger partial charge in [0.15, 0.2) is 5.82 Å². The fourth-order valence-corrected chi connectivity index (χ4v) is 6.08. The number of nitrogens with zero attached hydrogens (tertiary/aromatic N) is 6. The predicted octanol–water partition coefficient (Wildman–Crippen LogP) is 4.61. The molecule has 11 heteroatoms. The van der Waals surface area contributed by atoms with Crippen molar-refractivity contribution in [2.75, 3.05) is 75.3 Å². The molecule has 3 aliphatic rings. The van der Waals surface area contributed by atoms with E-state index in [4.69, 9.17) is 9.57 Å². The SMILES string of the molecule is COc1cc(N2CCC(N3CCN(C)CC3)CC2)ccc1Nc1cc(N2OCCC2c2ccc(F)cc2F)ncn1. The quantitative estimate of drug-likeness (QED) is 0.443. The number of hydroxylamine groups is 1. The van der Waals surface area contributed by atoms with Gasteiger partial charge in [0.2, 0.25) is 0 Å². The number of rotatable bonds is 7. The Hall–Kier alpha value is -3.54. The minimum absolute atomic E-state index is 0.363. The van der Waals surface area contributed by atoms with Crippen molar-refractivity contribution in [3.05, 3.63) is 66.0 Å². The highest BCUT2D eigenvalue weighted by atomic mass is 19.1. The van der Waals surface area contributed by atoms with Gasteiger partial charge in [-0.15, -0.1) is 0 Å². The number of ether oxygens (including phenoxy) is 1. The average Bonchev–Trinajstić information content (AvgIpc) is 3.48. The van der Waals surface area contributed by atoms with Gasteiger partial charge in [0.1, 0.15) is 29.5 Å². The third-order valence-electron chi connectivity index (χ3n) is 8.44. The molecule has 218 valence electrons. The number of piperazine rings is 1. The van der Waals surface area contributed by atoms with Crippen LogP contribution in [-0.4, -0.2) is 85.8 Å². The minimum Gasteiger partial charge on any atom is -0.494 e. The number of anilines is 4. The molecule has 3 fully saturated rings. The van der Waals surface area contributed by atoms with Gasteiger partial charge >= 0.3 is 0 Å². The van der Waals surface area contributed by atoms with Crippen molar-refractivity contribution in [2.45, 2.75) is 31.3 Å². The van der Waals surface area contributed by atoms with Crippen molar-refractivity contribution in [1.82, 2.24) is 19.8 Å². The summed E-state index contributed by atoms with van der Waals surface area (Å²) in [6.45, 7) is 7.07. The highest BCUT2D eigenvalue weighted by Crippen LogP contribution is 2.37. The van der Waals surface area contributed by atoms with Gasteiger partial charge in [0.05, 0.1) is 25.4 Å². The lowest BCUT2D eigenvalue weighted by Gasteiger charge is -2.42. The first-order chi connectivity index (χ1) is 20.0. The van der Waals surface area contributed by atoms with Crippen LogP contribution in [0.1, 0.15) is 30.9 Å². The highest BCUT2D eigenvalue weighted by molar-refractivity contribution is 5.70. The third-order valence-corrected chi connectivity index (χ3v) is 8.44. The van der Waals surface area contributed by atoms with Crippen molar-refractivity contribution in [3.63, 3.8) is 0 Å². The Kier molecular flexibility index (Phi) is 8.18. The number of methoxy groups -OCH3 is 1. The zero-order chi connectivity index (χ0) is 28.3. The molecule has 1 atom stereocenters. The fourth-order valence-electron chi connectivity index (χ4n) is 6.08. The summed E-state index contributed by atoms with van der Waals surface area (Å²) in [5, 5.41) is 4.90. The highest BCUT2D eigenvalue weighted by Gasteiger charge is 2.31. The van der Waals surface area contributed by atoms with Crippen molar-refractivity contribution < 1.29 is 18.4 Å². The lowest BCUT2D eigenvalue weighted by molar-refractivity contribution is 0.0982. The molecule has 1 aromatic heterocycles. The third kappa shape index (κ3) is 6.07. The summed E-state index contributed by atoms with van der Waals surface area (Å²) in [5.41, 5.74) is 2.28. The maximum atomic E-state index is 14.5. The van der Waals surface area contributed by atoms with E-state index in [0.717, 1.165) is 69.6 Å². The van der Waals surface area contributed by atoms with Gasteiger partial charge in [-0.25, -0.2) is 23.8 Å². The largest absolute Gasteiger partial charge is 0.494 e. The molecule has 0 spiro atoms. The van der Waals surface area contributed by atoms with Gasteiger partial charge < -0.3 is 19.9 Å². The normalized spacial score (nSPS) is 20.9. The van der Waals surface area contributed by atoms with Crippen LogP contribution in [0.3, 0.4) is 0 Å². The number of nitrogens with one attached hydrogen (secondary N) is 1. The number of piperidine rings is 1.